The summed E-state index contributed by atoms with van der Waals surface area (Å²) in [5, 5.41) is 11.1. The van der Waals surface area contributed by atoms with Gasteiger partial charge in [0.25, 0.3) is 0 Å². The highest BCUT2D eigenvalue weighted by molar-refractivity contribution is 6.03. The topological polar surface area (TPSA) is 106 Å². The zero-order chi connectivity index (χ0) is 25.5. The summed E-state index contributed by atoms with van der Waals surface area (Å²) < 4.78 is 6.58. The summed E-state index contributed by atoms with van der Waals surface area (Å²) in [5.41, 5.74) is 2.84. The number of carbonyl (C=O) groups is 3. The number of aromatic nitrogens is 3. The Morgan fingerprint density at radius 2 is 1.75 bits per heavy atom. The van der Waals surface area contributed by atoms with Crippen LogP contribution in [0.1, 0.15) is 28.9 Å². The smallest absolute Gasteiger partial charge is 0.249 e. The molecule has 2 amide bonds. The Balaban J connectivity index is 1.80. The van der Waals surface area contributed by atoms with Crippen molar-refractivity contribution in [2.75, 3.05) is 25.2 Å². The molecule has 1 heterocycles. The molecule has 1 atom stereocenters. The average Bonchev–Trinajstić information content (AvgIpc) is 3.30. The first kappa shape index (κ1) is 24.7. The Labute approximate surface area is 208 Å². The number of amides is 2. The molecular weight excluding hydrogens is 458 g/mol. The molecule has 3 aromatic carbocycles. The van der Waals surface area contributed by atoms with Crippen LogP contribution in [0.3, 0.4) is 0 Å². The second kappa shape index (κ2) is 11.4. The van der Waals surface area contributed by atoms with Crippen molar-refractivity contribution >= 4 is 34.3 Å². The number of anilines is 1. The van der Waals surface area contributed by atoms with Crippen molar-refractivity contribution in [1.82, 2.24) is 20.3 Å². The number of nitrogens with one attached hydrogen (secondary N) is 1. The fraction of sp³-hybridized carbons (Fsp3) is 0.222. The zero-order valence-electron chi connectivity index (χ0n) is 20.1. The number of ether oxygens (including phenoxy) is 1. The van der Waals surface area contributed by atoms with E-state index in [0.29, 0.717) is 34.5 Å². The molecule has 1 aromatic heterocycles. The predicted molar refractivity (Wildman–Crippen MR) is 136 cm³/mol. The van der Waals surface area contributed by atoms with E-state index < -0.39 is 6.04 Å². The van der Waals surface area contributed by atoms with Gasteiger partial charge >= 0.3 is 0 Å². The standard InChI is InChI=1S/C27H27N5O4/c1-19(33)21-11-8-12-22(17-21)32(25(34)18-31-24-14-7-6-13-23(24)29-30-31)26(20-9-4-3-5-10-20)27(35)28-15-16-36-2/h3-14,17,26H,15-16,18H2,1-2H3,(H,28,35)/t26-/m1/s1. The van der Waals surface area contributed by atoms with Crippen LogP contribution in [-0.4, -0.2) is 52.9 Å². The van der Waals surface area contributed by atoms with E-state index >= 15 is 0 Å². The van der Waals surface area contributed by atoms with Gasteiger partial charge in [0.2, 0.25) is 11.8 Å². The van der Waals surface area contributed by atoms with E-state index in [1.165, 1.54) is 16.5 Å². The summed E-state index contributed by atoms with van der Waals surface area (Å²) in [7, 11) is 1.55. The number of Topliss-reactive ketones (excluding diaryl/α,β-unsaturated/α-hetero) is 1. The fourth-order valence-electron chi connectivity index (χ4n) is 3.98. The van der Waals surface area contributed by atoms with Gasteiger partial charge in [-0.3, -0.25) is 19.3 Å². The second-order valence-corrected chi connectivity index (χ2v) is 8.20. The van der Waals surface area contributed by atoms with Crippen LogP contribution in [0.4, 0.5) is 5.69 Å². The normalized spacial score (nSPS) is 11.7. The van der Waals surface area contributed by atoms with Gasteiger partial charge in [-0.05, 0) is 36.8 Å². The lowest BCUT2D eigenvalue weighted by atomic mass is 10.0. The van der Waals surface area contributed by atoms with Crippen molar-refractivity contribution in [3.8, 4) is 0 Å². The van der Waals surface area contributed by atoms with Gasteiger partial charge < -0.3 is 10.1 Å². The maximum atomic E-state index is 13.9. The van der Waals surface area contributed by atoms with Crippen LogP contribution in [0.15, 0.2) is 78.9 Å². The van der Waals surface area contributed by atoms with Crippen LogP contribution in [0.5, 0.6) is 0 Å². The first-order valence-electron chi connectivity index (χ1n) is 11.5. The van der Waals surface area contributed by atoms with E-state index in [1.807, 2.05) is 42.5 Å². The molecule has 9 nitrogen and oxygen atoms in total. The van der Waals surface area contributed by atoms with Crippen LogP contribution >= 0.6 is 0 Å². The Morgan fingerprint density at radius 1 is 1.00 bits per heavy atom. The zero-order valence-corrected chi connectivity index (χ0v) is 20.1. The second-order valence-electron chi connectivity index (χ2n) is 8.20. The van der Waals surface area contributed by atoms with Crippen molar-refractivity contribution in [2.24, 2.45) is 0 Å². The van der Waals surface area contributed by atoms with Crippen molar-refractivity contribution in [3.63, 3.8) is 0 Å². The number of ketones is 1. The first-order chi connectivity index (χ1) is 17.5. The van der Waals surface area contributed by atoms with Crippen LogP contribution in [-0.2, 0) is 20.9 Å². The lowest BCUT2D eigenvalue weighted by Crippen LogP contribution is -2.46. The molecule has 0 saturated carbocycles. The summed E-state index contributed by atoms with van der Waals surface area (Å²) in [6.45, 7) is 1.91. The van der Waals surface area contributed by atoms with E-state index in [2.05, 4.69) is 15.6 Å². The number of methoxy groups -OCH3 is 1. The van der Waals surface area contributed by atoms with Crippen LogP contribution in [0.25, 0.3) is 11.0 Å². The molecule has 36 heavy (non-hydrogen) atoms. The number of fused-ring (bicyclic) bond motifs is 1. The van der Waals surface area contributed by atoms with E-state index in [4.69, 9.17) is 4.74 Å². The Bertz CT molecular complexity index is 1370. The molecule has 0 aliphatic rings. The van der Waals surface area contributed by atoms with Gasteiger partial charge in [0.05, 0.1) is 12.1 Å². The molecule has 9 heteroatoms. The van der Waals surface area contributed by atoms with Crippen molar-refractivity contribution in [1.29, 1.82) is 0 Å². The quantitative estimate of drug-likeness (QED) is 0.273. The molecule has 0 unspecified atom stereocenters. The molecule has 0 saturated heterocycles. The molecular formula is C27H27N5O4. The largest absolute Gasteiger partial charge is 0.383 e. The minimum Gasteiger partial charge on any atom is -0.383 e. The predicted octanol–water partition coefficient (Wildman–Crippen LogP) is 3.17. The van der Waals surface area contributed by atoms with Gasteiger partial charge in [0, 0.05) is 24.9 Å². The highest BCUT2D eigenvalue weighted by Crippen LogP contribution is 2.29. The molecule has 1 N–H and O–H groups in total. The maximum Gasteiger partial charge on any atom is 0.249 e. The van der Waals surface area contributed by atoms with Gasteiger partial charge in [0.1, 0.15) is 18.1 Å². The molecule has 4 rings (SSSR count). The van der Waals surface area contributed by atoms with Gasteiger partial charge in [-0.15, -0.1) is 5.10 Å². The Kier molecular flexibility index (Phi) is 7.82. The molecule has 184 valence electrons. The Hall–Kier alpha value is -4.37. The highest BCUT2D eigenvalue weighted by Gasteiger charge is 2.33. The number of carbonyl (C=O) groups excluding carboxylic acids is 3. The van der Waals surface area contributed by atoms with Gasteiger partial charge in [-0.1, -0.05) is 59.8 Å². The third-order valence-corrected chi connectivity index (χ3v) is 5.73. The molecule has 0 radical (unpaired) electrons. The molecule has 0 fully saturated rings. The van der Waals surface area contributed by atoms with Gasteiger partial charge in [0.15, 0.2) is 5.78 Å². The summed E-state index contributed by atoms with van der Waals surface area (Å²) >= 11 is 0. The summed E-state index contributed by atoms with van der Waals surface area (Å²) in [6, 6.07) is 22.1. The third kappa shape index (κ3) is 5.47. The van der Waals surface area contributed by atoms with Crippen LogP contribution < -0.4 is 10.2 Å². The van der Waals surface area contributed by atoms with Crippen LogP contribution in [0, 0.1) is 0 Å². The number of nitrogens with zero attached hydrogens (tertiary/aromatic N) is 4. The monoisotopic (exact) mass is 485 g/mol. The SMILES string of the molecule is COCCNC(=O)[C@@H](c1ccccc1)N(C(=O)Cn1nnc2ccccc21)c1cccc(C(C)=O)c1. The van der Waals surface area contributed by atoms with Gasteiger partial charge in [-0.2, -0.15) is 0 Å². The molecule has 0 aliphatic heterocycles. The lowest BCUT2D eigenvalue weighted by molar-refractivity contribution is -0.127. The maximum absolute atomic E-state index is 13.9. The summed E-state index contributed by atoms with van der Waals surface area (Å²) in [6.07, 6.45) is 0. The number of hydrogen-bond acceptors (Lipinski definition) is 6. The fourth-order valence-corrected chi connectivity index (χ4v) is 3.98. The first-order valence-corrected chi connectivity index (χ1v) is 11.5. The summed E-state index contributed by atoms with van der Waals surface area (Å²) in [4.78, 5) is 41.0. The number of benzene rings is 3. The van der Waals surface area contributed by atoms with E-state index in [1.54, 1.807) is 43.5 Å². The van der Waals surface area contributed by atoms with Crippen molar-refractivity contribution < 1.29 is 19.1 Å². The molecule has 0 aliphatic carbocycles. The highest BCUT2D eigenvalue weighted by atomic mass is 16.5. The van der Waals surface area contributed by atoms with Gasteiger partial charge in [-0.25, -0.2) is 4.68 Å². The number of hydrogen-bond donors (Lipinski definition) is 1. The minimum atomic E-state index is -0.993. The van der Waals surface area contributed by atoms with E-state index in [-0.39, 0.29) is 30.7 Å². The number of rotatable bonds is 10. The van der Waals surface area contributed by atoms with Crippen molar-refractivity contribution in [3.05, 3.63) is 90.0 Å². The molecule has 0 bridgehead atoms. The minimum absolute atomic E-state index is 0.146. The average molecular weight is 486 g/mol. The third-order valence-electron chi connectivity index (χ3n) is 5.73. The van der Waals surface area contributed by atoms with E-state index in [0.717, 1.165) is 0 Å². The number of para-hydroxylation sites is 1. The van der Waals surface area contributed by atoms with Crippen LogP contribution in [0.2, 0.25) is 0 Å². The lowest BCUT2D eigenvalue weighted by Gasteiger charge is -2.32. The van der Waals surface area contributed by atoms with Crippen molar-refractivity contribution in [2.45, 2.75) is 19.5 Å². The summed E-state index contributed by atoms with van der Waals surface area (Å²) in [5.74, 6) is -0.905. The van der Waals surface area contributed by atoms with E-state index in [9.17, 15) is 14.4 Å². The molecule has 0 spiro atoms. The Morgan fingerprint density at radius 3 is 2.50 bits per heavy atom. The molecule has 4 aromatic rings.